The van der Waals surface area contributed by atoms with Gasteiger partial charge in [-0.25, -0.2) is 8.42 Å². The molecule has 0 spiro atoms. The highest BCUT2D eigenvalue weighted by Gasteiger charge is 2.27. The highest BCUT2D eigenvalue weighted by atomic mass is 32.2. The SMILES string of the molecule is CC1CCN(C(CNC(=O)c2ccc(S(=O)(=O)N3CCCCC3)cc2)c2cccs2)CC1. The van der Waals surface area contributed by atoms with E-state index in [1.165, 1.54) is 17.7 Å². The minimum absolute atomic E-state index is 0.168. The molecule has 1 N–H and O–H groups in total. The van der Waals surface area contributed by atoms with Gasteiger partial charge < -0.3 is 5.32 Å². The first kappa shape index (κ1) is 23.4. The van der Waals surface area contributed by atoms with Crippen molar-refractivity contribution in [2.45, 2.75) is 50.0 Å². The largest absolute Gasteiger partial charge is 0.350 e. The summed E-state index contributed by atoms with van der Waals surface area (Å²) in [5, 5.41) is 5.17. The van der Waals surface area contributed by atoms with Crippen LogP contribution in [-0.4, -0.2) is 56.3 Å². The molecule has 32 heavy (non-hydrogen) atoms. The number of thiophene rings is 1. The predicted molar refractivity (Wildman–Crippen MR) is 128 cm³/mol. The van der Waals surface area contributed by atoms with Gasteiger partial charge in [0.05, 0.1) is 10.9 Å². The van der Waals surface area contributed by atoms with Crippen molar-refractivity contribution in [3.8, 4) is 0 Å². The number of carbonyl (C=O) groups excluding carboxylic acids is 1. The summed E-state index contributed by atoms with van der Waals surface area (Å²) >= 11 is 1.73. The molecular weight excluding hydrogens is 442 g/mol. The Balaban J connectivity index is 1.40. The average molecular weight is 476 g/mol. The molecule has 0 aliphatic carbocycles. The fourth-order valence-electron chi connectivity index (χ4n) is 4.55. The van der Waals surface area contributed by atoms with Crippen LogP contribution in [0, 0.1) is 5.92 Å². The van der Waals surface area contributed by atoms with E-state index in [0.717, 1.165) is 38.3 Å². The summed E-state index contributed by atoms with van der Waals surface area (Å²) in [6.45, 7) is 6.08. The van der Waals surface area contributed by atoms with Gasteiger partial charge in [-0.05, 0) is 80.4 Å². The summed E-state index contributed by atoms with van der Waals surface area (Å²) < 4.78 is 27.2. The van der Waals surface area contributed by atoms with E-state index in [1.807, 2.05) is 0 Å². The van der Waals surface area contributed by atoms with Gasteiger partial charge in [-0.15, -0.1) is 11.3 Å². The van der Waals surface area contributed by atoms with Crippen LogP contribution in [0.2, 0.25) is 0 Å². The third-order valence-corrected chi connectivity index (χ3v) is 9.54. The van der Waals surface area contributed by atoms with Crippen LogP contribution >= 0.6 is 11.3 Å². The average Bonchev–Trinajstić information content (AvgIpc) is 3.35. The van der Waals surface area contributed by atoms with E-state index in [4.69, 9.17) is 0 Å². The molecule has 2 saturated heterocycles. The molecule has 1 aromatic heterocycles. The van der Waals surface area contributed by atoms with Crippen LogP contribution in [0.15, 0.2) is 46.7 Å². The second kappa shape index (κ2) is 10.5. The molecule has 2 aliphatic heterocycles. The minimum atomic E-state index is -3.48. The molecule has 0 saturated carbocycles. The quantitative estimate of drug-likeness (QED) is 0.654. The molecular formula is C24H33N3O3S2. The molecule has 4 rings (SSSR count). The highest BCUT2D eigenvalue weighted by Crippen LogP contribution is 2.29. The molecule has 0 bridgehead atoms. The van der Waals surface area contributed by atoms with Crippen LogP contribution in [-0.2, 0) is 10.0 Å². The van der Waals surface area contributed by atoms with E-state index in [9.17, 15) is 13.2 Å². The van der Waals surface area contributed by atoms with E-state index in [2.05, 4.69) is 34.7 Å². The van der Waals surface area contributed by atoms with Crippen molar-refractivity contribution in [1.82, 2.24) is 14.5 Å². The molecule has 1 unspecified atom stereocenters. The number of sulfonamides is 1. The van der Waals surface area contributed by atoms with Crippen molar-refractivity contribution in [3.05, 3.63) is 52.2 Å². The predicted octanol–water partition coefficient (Wildman–Crippen LogP) is 4.13. The number of hydrogen-bond acceptors (Lipinski definition) is 5. The van der Waals surface area contributed by atoms with Gasteiger partial charge in [-0.2, -0.15) is 4.31 Å². The van der Waals surface area contributed by atoms with Crippen LogP contribution in [0.3, 0.4) is 0 Å². The van der Waals surface area contributed by atoms with Crippen LogP contribution in [0.5, 0.6) is 0 Å². The first-order valence-electron chi connectivity index (χ1n) is 11.6. The van der Waals surface area contributed by atoms with Gasteiger partial charge in [-0.3, -0.25) is 9.69 Å². The van der Waals surface area contributed by atoms with Crippen molar-refractivity contribution < 1.29 is 13.2 Å². The Labute approximate surface area is 195 Å². The van der Waals surface area contributed by atoms with Crippen LogP contribution in [0.4, 0.5) is 0 Å². The lowest BCUT2D eigenvalue weighted by atomic mass is 9.97. The maximum absolute atomic E-state index is 12.8. The summed E-state index contributed by atoms with van der Waals surface area (Å²) in [5.41, 5.74) is 0.486. The number of piperidine rings is 2. The molecule has 2 fully saturated rings. The Bertz CT molecular complexity index is 976. The maximum atomic E-state index is 12.8. The van der Waals surface area contributed by atoms with Crippen LogP contribution in [0.25, 0.3) is 0 Å². The third kappa shape index (κ3) is 5.42. The molecule has 8 heteroatoms. The molecule has 1 amide bonds. The van der Waals surface area contributed by atoms with Crippen LogP contribution in [0.1, 0.15) is 60.3 Å². The lowest BCUT2D eigenvalue weighted by Crippen LogP contribution is -2.41. The lowest BCUT2D eigenvalue weighted by Gasteiger charge is -2.36. The number of hydrogen-bond donors (Lipinski definition) is 1. The number of nitrogens with one attached hydrogen (secondary N) is 1. The van der Waals surface area contributed by atoms with Crippen LogP contribution < -0.4 is 5.32 Å². The molecule has 0 radical (unpaired) electrons. The molecule has 2 aliphatic rings. The number of carbonyl (C=O) groups is 1. The molecule has 174 valence electrons. The fraction of sp³-hybridized carbons (Fsp3) is 0.542. The summed E-state index contributed by atoms with van der Waals surface area (Å²) in [4.78, 5) is 16.8. The second-order valence-electron chi connectivity index (χ2n) is 8.95. The Morgan fingerprint density at radius 1 is 1.06 bits per heavy atom. The normalized spacial score (nSPS) is 20.2. The zero-order valence-electron chi connectivity index (χ0n) is 18.7. The highest BCUT2D eigenvalue weighted by molar-refractivity contribution is 7.89. The summed E-state index contributed by atoms with van der Waals surface area (Å²) in [5.74, 6) is 0.586. The van der Waals surface area contributed by atoms with Gasteiger partial charge in [0.1, 0.15) is 0 Å². The maximum Gasteiger partial charge on any atom is 0.251 e. The minimum Gasteiger partial charge on any atom is -0.350 e. The van der Waals surface area contributed by atoms with Crippen molar-refractivity contribution in [1.29, 1.82) is 0 Å². The molecule has 3 heterocycles. The smallest absolute Gasteiger partial charge is 0.251 e. The van der Waals surface area contributed by atoms with Crippen molar-refractivity contribution >= 4 is 27.3 Å². The Morgan fingerprint density at radius 2 is 1.75 bits per heavy atom. The number of amides is 1. The molecule has 1 atom stereocenters. The van der Waals surface area contributed by atoms with E-state index < -0.39 is 10.0 Å². The Hall–Kier alpha value is -1.74. The monoisotopic (exact) mass is 475 g/mol. The first-order chi connectivity index (χ1) is 15.4. The molecule has 6 nitrogen and oxygen atoms in total. The van der Waals surface area contributed by atoms with Crippen molar-refractivity contribution in [2.24, 2.45) is 5.92 Å². The number of benzene rings is 1. The van der Waals surface area contributed by atoms with Crippen molar-refractivity contribution in [3.63, 3.8) is 0 Å². The molecule has 1 aromatic carbocycles. The van der Waals surface area contributed by atoms with Gasteiger partial charge in [0.2, 0.25) is 10.0 Å². The number of nitrogens with zero attached hydrogens (tertiary/aromatic N) is 2. The third-order valence-electron chi connectivity index (χ3n) is 6.66. The van der Waals surface area contributed by atoms with E-state index >= 15 is 0 Å². The first-order valence-corrected chi connectivity index (χ1v) is 13.9. The van der Waals surface area contributed by atoms with Gasteiger partial charge in [-0.1, -0.05) is 19.4 Å². The van der Waals surface area contributed by atoms with E-state index in [-0.39, 0.29) is 16.8 Å². The topological polar surface area (TPSA) is 69.7 Å². The van der Waals surface area contributed by atoms with E-state index in [1.54, 1.807) is 39.9 Å². The lowest BCUT2D eigenvalue weighted by molar-refractivity contribution is 0.0915. The number of likely N-dealkylation sites (tertiary alicyclic amines) is 1. The van der Waals surface area contributed by atoms with Gasteiger partial charge in [0.15, 0.2) is 0 Å². The van der Waals surface area contributed by atoms with E-state index in [0.29, 0.717) is 25.2 Å². The summed E-state index contributed by atoms with van der Waals surface area (Å²) in [7, 11) is -3.48. The summed E-state index contributed by atoms with van der Waals surface area (Å²) in [6, 6.07) is 10.7. The standard InChI is InChI=1S/C24H33N3O3S2/c1-19-11-15-26(16-12-19)22(23-6-5-17-31-23)18-25-24(28)20-7-9-21(10-8-20)32(29,30)27-13-3-2-4-14-27/h5-10,17,19,22H,2-4,11-16,18H2,1H3,(H,25,28). The fourth-order valence-corrected chi connectivity index (χ4v) is 6.93. The van der Waals surface area contributed by atoms with Gasteiger partial charge in [0, 0.05) is 30.1 Å². The Morgan fingerprint density at radius 3 is 2.38 bits per heavy atom. The zero-order valence-corrected chi connectivity index (χ0v) is 20.3. The van der Waals surface area contributed by atoms with Gasteiger partial charge >= 0.3 is 0 Å². The number of rotatable bonds is 7. The zero-order chi connectivity index (χ0) is 22.6. The van der Waals surface area contributed by atoms with Gasteiger partial charge in [0.25, 0.3) is 5.91 Å². The van der Waals surface area contributed by atoms with Crippen molar-refractivity contribution in [2.75, 3.05) is 32.7 Å². The Kier molecular flexibility index (Phi) is 7.66. The second-order valence-corrected chi connectivity index (χ2v) is 11.9. The summed E-state index contributed by atoms with van der Waals surface area (Å²) in [6.07, 6.45) is 5.25. The molecule has 2 aromatic rings.